The molecule has 6 nitrogen and oxygen atoms in total. The first-order chi connectivity index (χ1) is 8.94. The fourth-order valence-electron chi connectivity index (χ4n) is 1.42. The first-order valence-electron chi connectivity index (χ1n) is 5.18. The topological polar surface area (TPSA) is 101 Å². The normalized spacial score (nSPS) is 11.0. The van der Waals surface area contributed by atoms with Gasteiger partial charge in [0.15, 0.2) is 0 Å². The molecule has 8 heteroatoms. The molecular weight excluding hydrogens is 286 g/mol. The van der Waals surface area contributed by atoms with Crippen molar-refractivity contribution in [1.29, 1.82) is 0 Å². The Morgan fingerprint density at radius 3 is 2.58 bits per heavy atom. The maximum absolute atomic E-state index is 11.8. The second-order valence-electron chi connectivity index (χ2n) is 3.69. The number of anilines is 2. The Kier molecular flexibility index (Phi) is 3.84. The highest BCUT2D eigenvalue weighted by atomic mass is 32.2. The van der Waals surface area contributed by atoms with E-state index in [1.54, 1.807) is 29.0 Å². The monoisotopic (exact) mass is 297 g/mol. The molecule has 0 aliphatic rings. The lowest BCUT2D eigenvalue weighted by Gasteiger charge is -2.07. The number of carbonyl (C=O) groups is 1. The summed E-state index contributed by atoms with van der Waals surface area (Å²) in [6.45, 7) is 0. The van der Waals surface area contributed by atoms with Gasteiger partial charge in [0.25, 0.3) is 16.1 Å². The summed E-state index contributed by atoms with van der Waals surface area (Å²) in [6, 6.07) is 7.97. The van der Waals surface area contributed by atoms with Crippen LogP contribution in [0.2, 0.25) is 0 Å². The Labute approximate surface area is 114 Å². The molecule has 2 rings (SSSR count). The number of hydrogen-bond acceptors (Lipinski definition) is 4. The van der Waals surface area contributed by atoms with Crippen LogP contribution in [0, 0.1) is 0 Å². The SMILES string of the molecule is NS(=O)(=O)Nc1cccc(NC(=O)c2ccsc2)c1. The van der Waals surface area contributed by atoms with Gasteiger partial charge in [-0.15, -0.1) is 0 Å². The zero-order valence-electron chi connectivity index (χ0n) is 9.66. The summed E-state index contributed by atoms with van der Waals surface area (Å²) >= 11 is 1.42. The van der Waals surface area contributed by atoms with Gasteiger partial charge in [0, 0.05) is 11.1 Å². The van der Waals surface area contributed by atoms with Crippen molar-refractivity contribution in [3.05, 3.63) is 46.7 Å². The van der Waals surface area contributed by atoms with Crippen molar-refractivity contribution in [2.45, 2.75) is 0 Å². The highest BCUT2D eigenvalue weighted by molar-refractivity contribution is 7.90. The number of nitrogens with two attached hydrogens (primary N) is 1. The van der Waals surface area contributed by atoms with E-state index >= 15 is 0 Å². The number of carbonyl (C=O) groups excluding carboxylic acids is 1. The second-order valence-corrected chi connectivity index (χ2v) is 5.77. The van der Waals surface area contributed by atoms with E-state index in [0.717, 1.165) is 0 Å². The Hall–Kier alpha value is -1.90. The largest absolute Gasteiger partial charge is 0.322 e. The lowest BCUT2D eigenvalue weighted by atomic mass is 10.2. The van der Waals surface area contributed by atoms with Crippen LogP contribution in [0.4, 0.5) is 11.4 Å². The highest BCUT2D eigenvalue weighted by Gasteiger charge is 2.07. The minimum atomic E-state index is -3.83. The molecule has 0 aliphatic carbocycles. The summed E-state index contributed by atoms with van der Waals surface area (Å²) in [5.74, 6) is -0.256. The van der Waals surface area contributed by atoms with E-state index in [1.807, 2.05) is 0 Å². The molecule has 100 valence electrons. The molecule has 2 aromatic rings. The van der Waals surface area contributed by atoms with Crippen LogP contribution in [-0.2, 0) is 10.2 Å². The summed E-state index contributed by atoms with van der Waals surface area (Å²) < 4.78 is 23.9. The molecule has 0 unspecified atom stereocenters. The Morgan fingerprint density at radius 1 is 1.21 bits per heavy atom. The summed E-state index contributed by atoms with van der Waals surface area (Å²) in [5.41, 5.74) is 1.31. The molecular formula is C11H11N3O3S2. The minimum absolute atomic E-state index is 0.256. The van der Waals surface area contributed by atoms with Gasteiger partial charge in [-0.2, -0.15) is 19.8 Å². The zero-order chi connectivity index (χ0) is 13.9. The molecule has 0 spiro atoms. The third kappa shape index (κ3) is 4.05. The zero-order valence-corrected chi connectivity index (χ0v) is 11.3. The molecule has 1 amide bonds. The van der Waals surface area contributed by atoms with Crippen LogP contribution >= 0.6 is 11.3 Å². The Bertz CT molecular complexity index is 681. The highest BCUT2D eigenvalue weighted by Crippen LogP contribution is 2.17. The van der Waals surface area contributed by atoms with E-state index in [1.165, 1.54) is 23.5 Å². The summed E-state index contributed by atoms with van der Waals surface area (Å²) in [6.07, 6.45) is 0. The van der Waals surface area contributed by atoms with Gasteiger partial charge in [-0.25, -0.2) is 5.14 Å². The van der Waals surface area contributed by atoms with E-state index in [2.05, 4.69) is 10.0 Å². The predicted molar refractivity (Wildman–Crippen MR) is 75.4 cm³/mol. The number of hydrogen-bond donors (Lipinski definition) is 3. The molecule has 4 N–H and O–H groups in total. The van der Waals surface area contributed by atoms with Crippen LogP contribution in [-0.4, -0.2) is 14.3 Å². The van der Waals surface area contributed by atoms with E-state index in [4.69, 9.17) is 5.14 Å². The summed E-state index contributed by atoms with van der Waals surface area (Å²) in [5, 5.41) is 11.1. The third-order valence-electron chi connectivity index (χ3n) is 2.16. The predicted octanol–water partition coefficient (Wildman–Crippen LogP) is 1.62. The van der Waals surface area contributed by atoms with Gasteiger partial charge in [0.1, 0.15) is 0 Å². The fourth-order valence-corrected chi connectivity index (χ4v) is 2.51. The van der Waals surface area contributed by atoms with E-state index in [0.29, 0.717) is 11.3 Å². The first kappa shape index (κ1) is 13.5. The van der Waals surface area contributed by atoms with Crippen molar-refractivity contribution in [1.82, 2.24) is 0 Å². The third-order valence-corrected chi connectivity index (χ3v) is 3.37. The quantitative estimate of drug-likeness (QED) is 0.799. The molecule has 19 heavy (non-hydrogen) atoms. The molecule has 1 aromatic heterocycles. The molecule has 0 aliphatic heterocycles. The lowest BCUT2D eigenvalue weighted by Crippen LogP contribution is -2.21. The Morgan fingerprint density at radius 2 is 1.95 bits per heavy atom. The number of nitrogens with one attached hydrogen (secondary N) is 2. The van der Waals surface area contributed by atoms with E-state index < -0.39 is 10.2 Å². The average Bonchev–Trinajstić information content (AvgIpc) is 2.80. The molecule has 0 fully saturated rings. The molecule has 0 atom stereocenters. The smallest absolute Gasteiger partial charge is 0.296 e. The Balaban J connectivity index is 2.13. The summed E-state index contributed by atoms with van der Waals surface area (Å²) in [7, 11) is -3.83. The van der Waals surface area contributed by atoms with Crippen molar-refractivity contribution in [2.24, 2.45) is 5.14 Å². The van der Waals surface area contributed by atoms with Crippen LogP contribution in [0.3, 0.4) is 0 Å². The maximum Gasteiger partial charge on any atom is 0.296 e. The number of amides is 1. The van der Waals surface area contributed by atoms with Gasteiger partial charge in [0.05, 0.1) is 11.3 Å². The molecule has 1 aromatic carbocycles. The van der Waals surface area contributed by atoms with Crippen LogP contribution in [0.5, 0.6) is 0 Å². The van der Waals surface area contributed by atoms with Gasteiger partial charge < -0.3 is 5.32 Å². The molecule has 1 heterocycles. The van der Waals surface area contributed by atoms with Crippen LogP contribution in [0.1, 0.15) is 10.4 Å². The standard InChI is InChI=1S/C11H11N3O3S2/c12-19(16,17)14-10-3-1-2-9(6-10)13-11(15)8-4-5-18-7-8/h1-7,14H,(H,13,15)(H2,12,16,17). The minimum Gasteiger partial charge on any atom is -0.322 e. The van der Waals surface area contributed by atoms with Gasteiger partial charge in [0.2, 0.25) is 0 Å². The fraction of sp³-hybridized carbons (Fsp3) is 0. The average molecular weight is 297 g/mol. The maximum atomic E-state index is 11.8. The number of thiophene rings is 1. The molecule has 0 saturated heterocycles. The number of benzene rings is 1. The van der Waals surface area contributed by atoms with Gasteiger partial charge in [-0.05, 0) is 29.6 Å². The van der Waals surface area contributed by atoms with Crippen molar-refractivity contribution in [2.75, 3.05) is 10.0 Å². The van der Waals surface area contributed by atoms with Crippen LogP contribution in [0.15, 0.2) is 41.1 Å². The van der Waals surface area contributed by atoms with Gasteiger partial charge in [-0.1, -0.05) is 6.07 Å². The second kappa shape index (κ2) is 5.39. The van der Waals surface area contributed by atoms with Crippen LogP contribution in [0.25, 0.3) is 0 Å². The van der Waals surface area contributed by atoms with Crippen molar-refractivity contribution in [3.8, 4) is 0 Å². The van der Waals surface area contributed by atoms with E-state index in [9.17, 15) is 13.2 Å². The lowest BCUT2D eigenvalue weighted by molar-refractivity contribution is 0.102. The van der Waals surface area contributed by atoms with Crippen molar-refractivity contribution in [3.63, 3.8) is 0 Å². The number of rotatable bonds is 4. The van der Waals surface area contributed by atoms with Crippen molar-refractivity contribution < 1.29 is 13.2 Å². The van der Waals surface area contributed by atoms with Crippen LogP contribution < -0.4 is 15.2 Å². The van der Waals surface area contributed by atoms with Gasteiger partial charge >= 0.3 is 0 Å². The van der Waals surface area contributed by atoms with E-state index in [-0.39, 0.29) is 11.6 Å². The van der Waals surface area contributed by atoms with Crippen molar-refractivity contribution >= 4 is 38.8 Å². The molecule has 0 bridgehead atoms. The molecule has 0 radical (unpaired) electrons. The first-order valence-corrected chi connectivity index (χ1v) is 7.67. The summed E-state index contributed by atoms with van der Waals surface area (Å²) in [4.78, 5) is 11.8. The molecule has 0 saturated carbocycles. The van der Waals surface area contributed by atoms with Gasteiger partial charge in [-0.3, -0.25) is 9.52 Å².